The number of hydrogen-bond acceptors (Lipinski definition) is 5. The summed E-state index contributed by atoms with van der Waals surface area (Å²) in [7, 11) is 0. The van der Waals surface area contributed by atoms with Crippen molar-refractivity contribution in [2.75, 3.05) is 11.5 Å². The number of benzene rings is 2. The van der Waals surface area contributed by atoms with Gasteiger partial charge in [-0.2, -0.15) is 0 Å². The first-order chi connectivity index (χ1) is 14.5. The number of aryl methyl sites for hydroxylation is 2. The summed E-state index contributed by atoms with van der Waals surface area (Å²) in [6.07, 6.45) is 3.21. The molecule has 0 bridgehead atoms. The summed E-state index contributed by atoms with van der Waals surface area (Å²) in [5, 5.41) is 0.501. The number of carbonyl (C=O) groups is 2. The SMILES string of the molecule is CC1CCc2ccccc2N1C(=O)COC(=O)CCn1cnc2ccccc2c1=O. The van der Waals surface area contributed by atoms with E-state index in [0.717, 1.165) is 24.1 Å². The highest BCUT2D eigenvalue weighted by Gasteiger charge is 2.28. The summed E-state index contributed by atoms with van der Waals surface area (Å²) >= 11 is 0. The van der Waals surface area contributed by atoms with Gasteiger partial charge >= 0.3 is 5.97 Å². The first kappa shape index (κ1) is 19.8. The van der Waals surface area contributed by atoms with Crippen LogP contribution in [0.1, 0.15) is 25.3 Å². The van der Waals surface area contributed by atoms with E-state index in [9.17, 15) is 14.4 Å². The van der Waals surface area contributed by atoms with Gasteiger partial charge in [0.2, 0.25) is 0 Å². The molecule has 4 rings (SSSR count). The van der Waals surface area contributed by atoms with E-state index in [2.05, 4.69) is 4.98 Å². The summed E-state index contributed by atoms with van der Waals surface area (Å²) in [6.45, 7) is 1.82. The van der Waals surface area contributed by atoms with Crippen molar-refractivity contribution in [1.29, 1.82) is 0 Å². The quantitative estimate of drug-likeness (QED) is 0.610. The lowest BCUT2D eigenvalue weighted by Crippen LogP contribution is -2.44. The van der Waals surface area contributed by atoms with Crippen molar-refractivity contribution in [3.8, 4) is 0 Å². The predicted octanol–water partition coefficient (Wildman–Crippen LogP) is 2.70. The number of para-hydroxylation sites is 2. The van der Waals surface area contributed by atoms with E-state index in [0.29, 0.717) is 10.9 Å². The first-order valence-electron chi connectivity index (χ1n) is 10.0. The van der Waals surface area contributed by atoms with Crippen molar-refractivity contribution >= 4 is 28.5 Å². The van der Waals surface area contributed by atoms with Crippen LogP contribution in [0.2, 0.25) is 0 Å². The summed E-state index contributed by atoms with van der Waals surface area (Å²) in [6, 6.07) is 14.9. The van der Waals surface area contributed by atoms with Gasteiger partial charge in [-0.25, -0.2) is 4.98 Å². The lowest BCUT2D eigenvalue weighted by Gasteiger charge is -2.35. The van der Waals surface area contributed by atoms with E-state index >= 15 is 0 Å². The molecule has 0 spiro atoms. The van der Waals surface area contributed by atoms with E-state index in [1.54, 1.807) is 23.1 Å². The number of anilines is 1. The number of nitrogens with zero attached hydrogens (tertiary/aromatic N) is 3. The Labute approximate surface area is 173 Å². The fourth-order valence-corrected chi connectivity index (χ4v) is 3.83. The van der Waals surface area contributed by atoms with Gasteiger partial charge in [-0.1, -0.05) is 30.3 Å². The molecule has 30 heavy (non-hydrogen) atoms. The summed E-state index contributed by atoms with van der Waals surface area (Å²) in [5.74, 6) is -0.770. The number of carbonyl (C=O) groups excluding carboxylic acids is 2. The lowest BCUT2D eigenvalue weighted by molar-refractivity contribution is -0.148. The number of hydrogen-bond donors (Lipinski definition) is 0. The minimum atomic E-state index is -0.527. The number of esters is 1. The van der Waals surface area contributed by atoms with Crippen LogP contribution >= 0.6 is 0 Å². The summed E-state index contributed by atoms with van der Waals surface area (Å²) in [4.78, 5) is 43.3. The average molecular weight is 405 g/mol. The van der Waals surface area contributed by atoms with Gasteiger partial charge in [0.15, 0.2) is 6.61 Å². The molecule has 154 valence electrons. The predicted molar refractivity (Wildman–Crippen MR) is 113 cm³/mol. The Kier molecular flexibility index (Phi) is 5.61. The van der Waals surface area contributed by atoms with E-state index in [4.69, 9.17) is 4.74 Å². The van der Waals surface area contributed by atoms with Crippen LogP contribution < -0.4 is 10.5 Å². The van der Waals surface area contributed by atoms with Crippen molar-refractivity contribution in [2.45, 2.75) is 38.8 Å². The molecule has 0 radical (unpaired) electrons. The minimum Gasteiger partial charge on any atom is -0.455 e. The van der Waals surface area contributed by atoms with Gasteiger partial charge in [-0.3, -0.25) is 19.0 Å². The van der Waals surface area contributed by atoms with Crippen LogP contribution in [0.15, 0.2) is 59.7 Å². The zero-order valence-corrected chi connectivity index (χ0v) is 16.8. The molecule has 1 atom stereocenters. The van der Waals surface area contributed by atoms with Gasteiger partial charge in [-0.15, -0.1) is 0 Å². The third-order valence-electron chi connectivity index (χ3n) is 5.44. The normalized spacial score (nSPS) is 15.6. The van der Waals surface area contributed by atoms with Gasteiger partial charge in [-0.05, 0) is 43.5 Å². The summed E-state index contributed by atoms with van der Waals surface area (Å²) < 4.78 is 6.59. The Balaban J connectivity index is 1.36. The highest BCUT2D eigenvalue weighted by molar-refractivity contribution is 5.96. The molecule has 0 aliphatic carbocycles. The highest BCUT2D eigenvalue weighted by atomic mass is 16.5. The molecule has 2 aromatic carbocycles. The Morgan fingerprint density at radius 3 is 2.77 bits per heavy atom. The molecule has 0 saturated carbocycles. The number of amides is 1. The number of ether oxygens (including phenoxy) is 1. The maximum Gasteiger partial charge on any atom is 0.308 e. The van der Waals surface area contributed by atoms with Crippen molar-refractivity contribution in [3.05, 3.63) is 70.8 Å². The van der Waals surface area contributed by atoms with Gasteiger partial charge < -0.3 is 9.64 Å². The molecule has 3 aromatic rings. The summed E-state index contributed by atoms with van der Waals surface area (Å²) in [5.41, 5.74) is 2.41. The zero-order valence-electron chi connectivity index (χ0n) is 16.8. The molecule has 1 aliphatic rings. The maximum atomic E-state index is 12.7. The van der Waals surface area contributed by atoms with E-state index in [1.165, 1.54) is 10.9 Å². The molecule has 7 heteroatoms. The van der Waals surface area contributed by atoms with Crippen LogP contribution in [-0.2, 0) is 27.3 Å². The van der Waals surface area contributed by atoms with Crippen LogP contribution in [0.4, 0.5) is 5.69 Å². The van der Waals surface area contributed by atoms with Crippen molar-refractivity contribution in [2.24, 2.45) is 0 Å². The van der Waals surface area contributed by atoms with Gasteiger partial charge in [0.25, 0.3) is 11.5 Å². The van der Waals surface area contributed by atoms with Gasteiger partial charge in [0.05, 0.1) is 23.7 Å². The third kappa shape index (κ3) is 3.96. The molecular formula is C23H23N3O4. The van der Waals surface area contributed by atoms with Crippen LogP contribution in [0.5, 0.6) is 0 Å². The second-order valence-corrected chi connectivity index (χ2v) is 7.45. The van der Waals surface area contributed by atoms with Crippen molar-refractivity contribution in [1.82, 2.24) is 9.55 Å². The topological polar surface area (TPSA) is 81.5 Å². The average Bonchev–Trinajstić information content (AvgIpc) is 2.77. The molecule has 0 fully saturated rings. The van der Waals surface area contributed by atoms with E-state index in [1.807, 2.05) is 37.3 Å². The molecule has 1 aromatic heterocycles. The monoisotopic (exact) mass is 405 g/mol. The van der Waals surface area contributed by atoms with E-state index in [-0.39, 0.29) is 37.1 Å². The molecule has 1 amide bonds. The van der Waals surface area contributed by atoms with Crippen LogP contribution in [0.25, 0.3) is 10.9 Å². The third-order valence-corrected chi connectivity index (χ3v) is 5.44. The first-order valence-corrected chi connectivity index (χ1v) is 10.0. The van der Waals surface area contributed by atoms with Gasteiger partial charge in [0, 0.05) is 18.3 Å². The molecular weight excluding hydrogens is 382 g/mol. The standard InChI is InChI=1S/C23H23N3O4/c1-16-10-11-17-6-2-5-9-20(17)26(16)21(27)14-30-22(28)12-13-25-15-24-19-8-4-3-7-18(19)23(25)29/h2-9,15-16H,10-14H2,1H3. The second-order valence-electron chi connectivity index (χ2n) is 7.45. The number of rotatable bonds is 5. The fourth-order valence-electron chi connectivity index (χ4n) is 3.83. The molecule has 0 N–H and O–H groups in total. The Hall–Kier alpha value is -3.48. The number of fused-ring (bicyclic) bond motifs is 2. The second kappa shape index (κ2) is 8.49. The zero-order chi connectivity index (χ0) is 21.1. The number of aromatic nitrogens is 2. The maximum absolute atomic E-state index is 12.7. The Morgan fingerprint density at radius 2 is 1.90 bits per heavy atom. The smallest absolute Gasteiger partial charge is 0.308 e. The van der Waals surface area contributed by atoms with E-state index < -0.39 is 5.97 Å². The van der Waals surface area contributed by atoms with Crippen LogP contribution in [0, 0.1) is 0 Å². The molecule has 1 unspecified atom stereocenters. The molecule has 0 saturated heterocycles. The molecule has 2 heterocycles. The fraction of sp³-hybridized carbons (Fsp3) is 0.304. The Bertz CT molecular complexity index is 1150. The van der Waals surface area contributed by atoms with Gasteiger partial charge in [0.1, 0.15) is 0 Å². The molecule has 7 nitrogen and oxygen atoms in total. The van der Waals surface area contributed by atoms with Crippen LogP contribution in [0.3, 0.4) is 0 Å². The van der Waals surface area contributed by atoms with Crippen LogP contribution in [-0.4, -0.2) is 34.1 Å². The lowest BCUT2D eigenvalue weighted by atomic mass is 9.96. The minimum absolute atomic E-state index is 0.0145. The molecule has 1 aliphatic heterocycles. The van der Waals surface area contributed by atoms with Crippen molar-refractivity contribution < 1.29 is 14.3 Å². The Morgan fingerprint density at radius 1 is 1.13 bits per heavy atom. The highest BCUT2D eigenvalue weighted by Crippen LogP contribution is 2.30. The largest absolute Gasteiger partial charge is 0.455 e. The van der Waals surface area contributed by atoms with Crippen molar-refractivity contribution in [3.63, 3.8) is 0 Å².